The highest BCUT2D eigenvalue weighted by Gasteiger charge is 2.20. The summed E-state index contributed by atoms with van der Waals surface area (Å²) in [6.07, 6.45) is 2.49. The van der Waals surface area contributed by atoms with Gasteiger partial charge in [0.1, 0.15) is 5.01 Å². The lowest BCUT2D eigenvalue weighted by molar-refractivity contribution is 0.185. The summed E-state index contributed by atoms with van der Waals surface area (Å²) >= 11 is 1.76. The van der Waals surface area contributed by atoms with E-state index in [1.165, 1.54) is 42.8 Å². The Hall–Kier alpha value is -1.23. The summed E-state index contributed by atoms with van der Waals surface area (Å²) in [5.74, 6) is 0. The fourth-order valence-electron chi connectivity index (χ4n) is 3.17. The van der Waals surface area contributed by atoms with Gasteiger partial charge in [-0.25, -0.2) is 4.98 Å². The monoisotopic (exact) mass is 329 g/mol. The molecule has 2 heterocycles. The van der Waals surface area contributed by atoms with E-state index in [0.29, 0.717) is 12.1 Å². The van der Waals surface area contributed by atoms with Gasteiger partial charge in [-0.05, 0) is 19.8 Å². The minimum absolute atomic E-state index is 0.585. The number of nitrogens with zero attached hydrogens (tertiary/aromatic N) is 2. The zero-order chi connectivity index (χ0) is 16.2. The van der Waals surface area contributed by atoms with Crippen LogP contribution in [-0.4, -0.2) is 35.1 Å². The van der Waals surface area contributed by atoms with Crippen LogP contribution < -0.4 is 5.32 Å². The Morgan fingerprint density at radius 2 is 1.91 bits per heavy atom. The number of thiazole rings is 1. The standard InChI is InChI=1S/C19H27N3S/c1-14(2)20-17-8-10-22(11-9-17)12-18-13-23-19(21-18)16-6-4-15(3)5-7-16/h4-7,13-14,17,20H,8-12H2,1-3H3. The third-order valence-electron chi connectivity index (χ3n) is 4.39. The highest BCUT2D eigenvalue weighted by atomic mass is 32.1. The summed E-state index contributed by atoms with van der Waals surface area (Å²) in [4.78, 5) is 7.37. The summed E-state index contributed by atoms with van der Waals surface area (Å²) < 4.78 is 0. The van der Waals surface area contributed by atoms with E-state index in [2.05, 4.69) is 60.6 Å². The molecule has 1 aromatic carbocycles. The summed E-state index contributed by atoms with van der Waals surface area (Å²) in [5.41, 5.74) is 3.73. The minimum atomic E-state index is 0.585. The van der Waals surface area contributed by atoms with Crippen molar-refractivity contribution in [2.45, 2.75) is 52.2 Å². The highest BCUT2D eigenvalue weighted by molar-refractivity contribution is 7.13. The van der Waals surface area contributed by atoms with Crippen molar-refractivity contribution in [3.05, 3.63) is 40.9 Å². The van der Waals surface area contributed by atoms with E-state index in [1.54, 1.807) is 11.3 Å². The van der Waals surface area contributed by atoms with Crippen LogP contribution >= 0.6 is 11.3 Å². The number of nitrogens with one attached hydrogen (secondary N) is 1. The van der Waals surface area contributed by atoms with Gasteiger partial charge in [0.05, 0.1) is 5.69 Å². The van der Waals surface area contributed by atoms with Gasteiger partial charge in [0.15, 0.2) is 0 Å². The molecule has 3 nitrogen and oxygen atoms in total. The van der Waals surface area contributed by atoms with Crippen LogP contribution in [0.15, 0.2) is 29.6 Å². The Kier molecular flexibility index (Phi) is 5.46. The maximum atomic E-state index is 4.83. The van der Waals surface area contributed by atoms with Gasteiger partial charge >= 0.3 is 0 Å². The number of hydrogen-bond donors (Lipinski definition) is 1. The molecule has 1 aromatic heterocycles. The van der Waals surface area contributed by atoms with Gasteiger partial charge in [0, 0.05) is 42.7 Å². The van der Waals surface area contributed by atoms with Crippen LogP contribution in [0.1, 0.15) is 37.9 Å². The molecule has 1 aliphatic heterocycles. The molecule has 124 valence electrons. The number of aromatic nitrogens is 1. The van der Waals surface area contributed by atoms with E-state index in [1.807, 2.05) is 0 Å². The normalized spacial score (nSPS) is 17.0. The van der Waals surface area contributed by atoms with E-state index >= 15 is 0 Å². The van der Waals surface area contributed by atoms with Crippen molar-refractivity contribution in [2.75, 3.05) is 13.1 Å². The zero-order valence-electron chi connectivity index (χ0n) is 14.4. The molecule has 3 rings (SSSR count). The Balaban J connectivity index is 1.55. The average Bonchev–Trinajstić information content (AvgIpc) is 2.98. The average molecular weight is 330 g/mol. The molecular formula is C19H27N3S. The topological polar surface area (TPSA) is 28.2 Å². The van der Waals surface area contributed by atoms with Crippen LogP contribution in [0.4, 0.5) is 0 Å². The number of benzene rings is 1. The number of likely N-dealkylation sites (tertiary alicyclic amines) is 1. The minimum Gasteiger partial charge on any atom is -0.312 e. The van der Waals surface area contributed by atoms with Crippen molar-refractivity contribution in [2.24, 2.45) is 0 Å². The van der Waals surface area contributed by atoms with Gasteiger partial charge < -0.3 is 5.32 Å². The molecule has 2 aromatic rings. The molecule has 1 N–H and O–H groups in total. The molecule has 0 atom stereocenters. The van der Waals surface area contributed by atoms with E-state index in [4.69, 9.17) is 4.98 Å². The van der Waals surface area contributed by atoms with E-state index < -0.39 is 0 Å². The zero-order valence-corrected chi connectivity index (χ0v) is 15.2. The number of rotatable bonds is 5. The highest BCUT2D eigenvalue weighted by Crippen LogP contribution is 2.25. The third kappa shape index (κ3) is 4.63. The predicted octanol–water partition coefficient (Wildman–Crippen LogP) is 4.08. The van der Waals surface area contributed by atoms with E-state index in [-0.39, 0.29) is 0 Å². The van der Waals surface area contributed by atoms with Crippen LogP contribution in [-0.2, 0) is 6.54 Å². The van der Waals surface area contributed by atoms with Crippen LogP contribution in [0.5, 0.6) is 0 Å². The van der Waals surface area contributed by atoms with Crippen molar-refractivity contribution < 1.29 is 0 Å². The molecular weight excluding hydrogens is 302 g/mol. The number of hydrogen-bond acceptors (Lipinski definition) is 4. The fourth-order valence-corrected chi connectivity index (χ4v) is 3.98. The smallest absolute Gasteiger partial charge is 0.123 e. The van der Waals surface area contributed by atoms with E-state index in [9.17, 15) is 0 Å². The van der Waals surface area contributed by atoms with Gasteiger partial charge in [-0.15, -0.1) is 11.3 Å². The second kappa shape index (κ2) is 7.56. The van der Waals surface area contributed by atoms with Crippen molar-refractivity contribution in [3.63, 3.8) is 0 Å². The predicted molar refractivity (Wildman–Crippen MR) is 98.9 cm³/mol. The fraction of sp³-hybridized carbons (Fsp3) is 0.526. The molecule has 0 unspecified atom stereocenters. The SMILES string of the molecule is Cc1ccc(-c2nc(CN3CCC(NC(C)C)CC3)cs2)cc1. The molecule has 1 aliphatic rings. The maximum absolute atomic E-state index is 4.83. The Labute approximate surface area is 143 Å². The second-order valence-corrected chi connectivity index (χ2v) is 7.74. The Morgan fingerprint density at radius 3 is 2.57 bits per heavy atom. The lowest BCUT2D eigenvalue weighted by Gasteiger charge is -2.33. The van der Waals surface area contributed by atoms with Crippen LogP contribution in [0.3, 0.4) is 0 Å². The first-order valence-electron chi connectivity index (χ1n) is 8.60. The largest absolute Gasteiger partial charge is 0.312 e. The van der Waals surface area contributed by atoms with Crippen molar-refractivity contribution >= 4 is 11.3 Å². The lowest BCUT2D eigenvalue weighted by atomic mass is 10.0. The third-order valence-corrected chi connectivity index (χ3v) is 5.33. The molecule has 0 radical (unpaired) electrons. The van der Waals surface area contributed by atoms with E-state index in [0.717, 1.165) is 11.6 Å². The summed E-state index contributed by atoms with van der Waals surface area (Å²) in [5, 5.41) is 7.01. The summed E-state index contributed by atoms with van der Waals surface area (Å²) in [6, 6.07) is 9.92. The van der Waals surface area contributed by atoms with Gasteiger partial charge in [0.2, 0.25) is 0 Å². The summed E-state index contributed by atoms with van der Waals surface area (Å²) in [7, 11) is 0. The van der Waals surface area contributed by atoms with Crippen LogP contribution in [0.25, 0.3) is 10.6 Å². The molecule has 1 saturated heterocycles. The molecule has 4 heteroatoms. The first-order chi connectivity index (χ1) is 11.1. The number of aryl methyl sites for hydroxylation is 1. The van der Waals surface area contributed by atoms with Crippen molar-refractivity contribution in [1.82, 2.24) is 15.2 Å². The van der Waals surface area contributed by atoms with Gasteiger partial charge in [0.25, 0.3) is 0 Å². The number of piperidine rings is 1. The molecule has 1 fully saturated rings. The molecule has 0 aliphatic carbocycles. The molecule has 0 bridgehead atoms. The first-order valence-corrected chi connectivity index (χ1v) is 9.48. The first kappa shape index (κ1) is 16.6. The Bertz CT molecular complexity index is 610. The van der Waals surface area contributed by atoms with Crippen molar-refractivity contribution in [3.8, 4) is 10.6 Å². The summed E-state index contributed by atoms with van der Waals surface area (Å²) in [6.45, 7) is 9.90. The molecule has 23 heavy (non-hydrogen) atoms. The van der Waals surface area contributed by atoms with Gasteiger partial charge in [-0.2, -0.15) is 0 Å². The molecule has 0 saturated carbocycles. The van der Waals surface area contributed by atoms with Crippen LogP contribution in [0, 0.1) is 6.92 Å². The maximum Gasteiger partial charge on any atom is 0.123 e. The van der Waals surface area contributed by atoms with Crippen LogP contribution in [0.2, 0.25) is 0 Å². The molecule has 0 spiro atoms. The second-order valence-electron chi connectivity index (χ2n) is 6.88. The van der Waals surface area contributed by atoms with Gasteiger partial charge in [-0.1, -0.05) is 43.7 Å². The quantitative estimate of drug-likeness (QED) is 0.896. The van der Waals surface area contributed by atoms with Gasteiger partial charge in [-0.3, -0.25) is 4.90 Å². The molecule has 0 amide bonds. The Morgan fingerprint density at radius 1 is 1.22 bits per heavy atom. The lowest BCUT2D eigenvalue weighted by Crippen LogP contribution is -2.44. The van der Waals surface area contributed by atoms with Crippen molar-refractivity contribution in [1.29, 1.82) is 0 Å².